The number of amides is 2. The Morgan fingerprint density at radius 2 is 1.89 bits per heavy atom. The van der Waals surface area contributed by atoms with Gasteiger partial charge >= 0.3 is 0 Å². The fraction of sp³-hybridized carbons (Fsp3) is 0.846. The minimum Gasteiger partial charge on any atom is -0.352 e. The fourth-order valence-electron chi connectivity index (χ4n) is 2.27. The molecular weight excluding hydrogens is 230 g/mol. The van der Waals surface area contributed by atoms with Gasteiger partial charge in [0.25, 0.3) is 0 Å². The third kappa shape index (κ3) is 2.66. The molecule has 2 aliphatic rings. The number of nitrogens with zero attached hydrogens (tertiary/aromatic N) is 1. The summed E-state index contributed by atoms with van der Waals surface area (Å²) < 4.78 is 0. The quantitative estimate of drug-likeness (QED) is 0.755. The maximum Gasteiger partial charge on any atom is 0.243 e. The number of rotatable bonds is 4. The van der Waals surface area contributed by atoms with Gasteiger partial charge < -0.3 is 15.5 Å². The van der Waals surface area contributed by atoms with E-state index in [0.717, 1.165) is 25.7 Å². The summed E-state index contributed by atoms with van der Waals surface area (Å²) in [6.07, 6.45) is 3.85. The molecule has 1 unspecified atom stereocenters. The molecule has 0 spiro atoms. The Morgan fingerprint density at radius 1 is 1.22 bits per heavy atom. The first-order valence-electron chi connectivity index (χ1n) is 6.76. The lowest BCUT2D eigenvalue weighted by Gasteiger charge is -2.32. The van der Waals surface area contributed by atoms with Crippen LogP contribution in [0.25, 0.3) is 0 Å². The van der Waals surface area contributed by atoms with Crippen molar-refractivity contribution in [1.82, 2.24) is 15.5 Å². The zero-order valence-electron chi connectivity index (χ0n) is 11.5. The van der Waals surface area contributed by atoms with E-state index in [0.29, 0.717) is 12.6 Å². The number of nitrogens with one attached hydrogen (secondary N) is 2. The summed E-state index contributed by atoms with van der Waals surface area (Å²) in [5, 5.41) is 6.00. The van der Waals surface area contributed by atoms with Crippen molar-refractivity contribution in [2.24, 2.45) is 0 Å². The van der Waals surface area contributed by atoms with Crippen molar-refractivity contribution in [1.29, 1.82) is 0 Å². The predicted octanol–water partition coefficient (Wildman–Crippen LogP) is 0.254. The van der Waals surface area contributed by atoms with Crippen LogP contribution < -0.4 is 10.6 Å². The summed E-state index contributed by atoms with van der Waals surface area (Å²) in [7, 11) is 1.77. The molecular formula is C13H23N3O2. The van der Waals surface area contributed by atoms with Crippen LogP contribution in [-0.4, -0.2) is 47.9 Å². The molecule has 2 fully saturated rings. The minimum absolute atomic E-state index is 0.0125. The van der Waals surface area contributed by atoms with Crippen LogP contribution in [0.4, 0.5) is 0 Å². The first-order chi connectivity index (χ1) is 8.45. The summed E-state index contributed by atoms with van der Waals surface area (Å²) in [6, 6.07) is 0.0816. The van der Waals surface area contributed by atoms with Crippen LogP contribution in [-0.2, 0) is 9.59 Å². The molecule has 1 aliphatic heterocycles. The van der Waals surface area contributed by atoms with Gasteiger partial charge in [-0.3, -0.25) is 9.59 Å². The number of hydrogen-bond acceptors (Lipinski definition) is 3. The standard InChI is InChI=1S/C13H23N3O2/c1-13(2,14-3)12(18)16-8-4-5-10(16)11(17)15-9-6-7-9/h9-10,14H,4-8H2,1-3H3,(H,15,17). The number of hydrogen-bond donors (Lipinski definition) is 2. The molecule has 2 amide bonds. The zero-order valence-corrected chi connectivity index (χ0v) is 11.5. The highest BCUT2D eigenvalue weighted by Crippen LogP contribution is 2.24. The lowest BCUT2D eigenvalue weighted by molar-refractivity contribution is -0.142. The van der Waals surface area contributed by atoms with Crippen LogP contribution >= 0.6 is 0 Å². The Morgan fingerprint density at radius 3 is 2.44 bits per heavy atom. The molecule has 0 aromatic heterocycles. The number of likely N-dealkylation sites (N-methyl/N-ethyl adjacent to an activating group) is 1. The predicted molar refractivity (Wildman–Crippen MR) is 69.0 cm³/mol. The summed E-state index contributed by atoms with van der Waals surface area (Å²) in [6.45, 7) is 4.39. The third-order valence-corrected chi connectivity index (χ3v) is 3.90. The largest absolute Gasteiger partial charge is 0.352 e. The highest BCUT2D eigenvalue weighted by atomic mass is 16.2. The van der Waals surface area contributed by atoms with Gasteiger partial charge in [-0.05, 0) is 46.6 Å². The van der Waals surface area contributed by atoms with Crippen molar-refractivity contribution in [3.63, 3.8) is 0 Å². The van der Waals surface area contributed by atoms with Gasteiger partial charge in [0.1, 0.15) is 6.04 Å². The summed E-state index contributed by atoms with van der Waals surface area (Å²) in [5.74, 6) is 0.0358. The first-order valence-corrected chi connectivity index (χ1v) is 6.76. The highest BCUT2D eigenvalue weighted by molar-refractivity contribution is 5.92. The number of carbonyl (C=O) groups excluding carboxylic acids is 2. The lowest BCUT2D eigenvalue weighted by Crippen LogP contribution is -2.56. The van der Waals surface area contributed by atoms with Crippen LogP contribution in [0.15, 0.2) is 0 Å². The van der Waals surface area contributed by atoms with E-state index in [1.165, 1.54) is 0 Å². The average Bonchev–Trinajstić information content (AvgIpc) is 3.01. The molecule has 1 aliphatic carbocycles. The maximum atomic E-state index is 12.4. The zero-order chi connectivity index (χ0) is 13.3. The molecule has 102 valence electrons. The van der Waals surface area contributed by atoms with E-state index >= 15 is 0 Å². The molecule has 0 radical (unpaired) electrons. The SMILES string of the molecule is CNC(C)(C)C(=O)N1CCCC1C(=O)NC1CC1. The van der Waals surface area contributed by atoms with Crippen molar-refractivity contribution in [3.05, 3.63) is 0 Å². The molecule has 2 N–H and O–H groups in total. The molecule has 1 saturated heterocycles. The summed E-state index contributed by atoms with van der Waals surface area (Å²) in [5.41, 5.74) is -0.609. The average molecular weight is 253 g/mol. The van der Waals surface area contributed by atoms with Crippen LogP contribution in [0.5, 0.6) is 0 Å². The van der Waals surface area contributed by atoms with Crippen LogP contribution in [0.3, 0.4) is 0 Å². The lowest BCUT2D eigenvalue weighted by atomic mass is 10.0. The van der Waals surface area contributed by atoms with Crippen LogP contribution in [0.2, 0.25) is 0 Å². The van der Waals surface area contributed by atoms with Gasteiger partial charge in [0.05, 0.1) is 5.54 Å². The van der Waals surface area contributed by atoms with Crippen molar-refractivity contribution in [3.8, 4) is 0 Å². The maximum absolute atomic E-state index is 12.4. The molecule has 0 bridgehead atoms. The van der Waals surface area contributed by atoms with Crippen molar-refractivity contribution in [2.75, 3.05) is 13.6 Å². The Balaban J connectivity index is 2.02. The second kappa shape index (κ2) is 4.88. The second-order valence-electron chi connectivity index (χ2n) is 5.81. The normalized spacial score (nSPS) is 24.2. The van der Waals surface area contributed by atoms with E-state index in [1.54, 1.807) is 11.9 Å². The third-order valence-electron chi connectivity index (χ3n) is 3.90. The van der Waals surface area contributed by atoms with Gasteiger partial charge in [0.15, 0.2) is 0 Å². The molecule has 2 rings (SSSR count). The van der Waals surface area contributed by atoms with Crippen molar-refractivity contribution in [2.45, 2.75) is 57.2 Å². The molecule has 1 atom stereocenters. The summed E-state index contributed by atoms with van der Waals surface area (Å²) >= 11 is 0. The molecule has 0 aromatic carbocycles. The molecule has 5 heteroatoms. The monoisotopic (exact) mass is 253 g/mol. The van der Waals surface area contributed by atoms with E-state index in [4.69, 9.17) is 0 Å². The van der Waals surface area contributed by atoms with E-state index < -0.39 is 5.54 Å². The Hall–Kier alpha value is -1.10. The Labute approximate surface area is 108 Å². The van der Waals surface area contributed by atoms with Gasteiger partial charge in [-0.15, -0.1) is 0 Å². The van der Waals surface area contributed by atoms with Crippen molar-refractivity contribution < 1.29 is 9.59 Å². The van der Waals surface area contributed by atoms with E-state index in [1.807, 2.05) is 13.8 Å². The molecule has 5 nitrogen and oxygen atoms in total. The fourth-order valence-corrected chi connectivity index (χ4v) is 2.27. The molecule has 1 heterocycles. The number of likely N-dealkylation sites (tertiary alicyclic amines) is 1. The molecule has 1 saturated carbocycles. The van der Waals surface area contributed by atoms with Gasteiger partial charge in [-0.1, -0.05) is 0 Å². The van der Waals surface area contributed by atoms with Crippen LogP contribution in [0.1, 0.15) is 39.5 Å². The number of carbonyl (C=O) groups is 2. The van der Waals surface area contributed by atoms with E-state index in [2.05, 4.69) is 10.6 Å². The van der Waals surface area contributed by atoms with Crippen molar-refractivity contribution >= 4 is 11.8 Å². The van der Waals surface area contributed by atoms with Gasteiger partial charge in [-0.2, -0.15) is 0 Å². The second-order valence-corrected chi connectivity index (χ2v) is 5.81. The highest BCUT2D eigenvalue weighted by Gasteiger charge is 2.40. The van der Waals surface area contributed by atoms with Gasteiger partial charge in [0.2, 0.25) is 11.8 Å². The first kappa shape index (κ1) is 13.3. The molecule has 18 heavy (non-hydrogen) atoms. The van der Waals surface area contributed by atoms with Gasteiger partial charge in [0, 0.05) is 12.6 Å². The summed E-state index contributed by atoms with van der Waals surface area (Å²) in [4.78, 5) is 26.2. The van der Waals surface area contributed by atoms with Gasteiger partial charge in [-0.25, -0.2) is 0 Å². The Bertz CT molecular complexity index is 350. The van der Waals surface area contributed by atoms with E-state index in [-0.39, 0.29) is 17.9 Å². The Kier molecular flexibility index (Phi) is 3.61. The molecule has 0 aromatic rings. The smallest absolute Gasteiger partial charge is 0.243 e. The van der Waals surface area contributed by atoms with E-state index in [9.17, 15) is 9.59 Å². The minimum atomic E-state index is -0.609. The van der Waals surface area contributed by atoms with Crippen LogP contribution in [0, 0.1) is 0 Å². The topological polar surface area (TPSA) is 61.4 Å².